The molecule has 1 fully saturated rings. The molecule has 25 heavy (non-hydrogen) atoms. The van der Waals surface area contributed by atoms with Crippen molar-refractivity contribution < 1.29 is 4.79 Å². The lowest BCUT2D eigenvalue weighted by atomic mass is 10.0. The lowest BCUT2D eigenvalue weighted by molar-refractivity contribution is -0.121. The minimum atomic E-state index is 0.00563. The minimum absolute atomic E-state index is 0.00563. The maximum atomic E-state index is 12.2. The van der Waals surface area contributed by atoms with Crippen LogP contribution >= 0.6 is 11.6 Å². The smallest absolute Gasteiger partial charge is 0.220 e. The van der Waals surface area contributed by atoms with Crippen LogP contribution in [0.1, 0.15) is 39.2 Å². The Kier molecular flexibility index (Phi) is 7.73. The van der Waals surface area contributed by atoms with Gasteiger partial charge in [-0.05, 0) is 50.9 Å². The zero-order valence-corrected chi connectivity index (χ0v) is 16.6. The molecular formula is C20H32ClN3O. The number of amides is 1. The maximum absolute atomic E-state index is 12.2. The van der Waals surface area contributed by atoms with Gasteiger partial charge < -0.3 is 10.2 Å². The highest BCUT2D eigenvalue weighted by molar-refractivity contribution is 6.30. The van der Waals surface area contributed by atoms with Crippen molar-refractivity contribution in [3.8, 4) is 0 Å². The largest absolute Gasteiger partial charge is 0.354 e. The molecule has 1 aliphatic heterocycles. The van der Waals surface area contributed by atoms with Crippen molar-refractivity contribution in [3.63, 3.8) is 0 Å². The van der Waals surface area contributed by atoms with Crippen molar-refractivity contribution in [2.45, 2.75) is 45.6 Å². The third-order valence-electron chi connectivity index (χ3n) is 5.18. The standard InChI is InChI=1S/C20H32ClN3O/c1-4-23-12-14-24(15-13-23)20(2,3)16-22-19(25)7-5-6-17-8-10-18(21)11-9-17/h8-11H,4-7,12-16H2,1-3H3,(H,22,25). The Morgan fingerprint density at radius 3 is 2.40 bits per heavy atom. The number of rotatable bonds is 8. The van der Waals surface area contributed by atoms with Crippen molar-refractivity contribution >= 4 is 17.5 Å². The minimum Gasteiger partial charge on any atom is -0.354 e. The Labute approximate surface area is 157 Å². The molecule has 1 N–H and O–H groups in total. The number of nitrogens with zero attached hydrogens (tertiary/aromatic N) is 2. The van der Waals surface area contributed by atoms with E-state index in [1.165, 1.54) is 5.56 Å². The Balaban J connectivity index is 1.67. The molecule has 5 heteroatoms. The SMILES string of the molecule is CCN1CCN(C(C)(C)CNC(=O)CCCc2ccc(Cl)cc2)CC1. The van der Waals surface area contributed by atoms with Crippen LogP contribution in [0.25, 0.3) is 0 Å². The predicted molar refractivity (Wildman–Crippen MR) is 105 cm³/mol. The third-order valence-corrected chi connectivity index (χ3v) is 5.43. The maximum Gasteiger partial charge on any atom is 0.220 e. The Morgan fingerprint density at radius 2 is 1.80 bits per heavy atom. The number of carbonyl (C=O) groups is 1. The molecule has 4 nitrogen and oxygen atoms in total. The van der Waals surface area contributed by atoms with Gasteiger partial charge in [0.2, 0.25) is 5.91 Å². The number of hydrogen-bond acceptors (Lipinski definition) is 3. The summed E-state index contributed by atoms with van der Waals surface area (Å²) >= 11 is 5.89. The molecule has 0 spiro atoms. The van der Waals surface area contributed by atoms with Crippen LogP contribution in [0.15, 0.2) is 24.3 Å². The van der Waals surface area contributed by atoms with Crippen molar-refractivity contribution in [1.82, 2.24) is 15.1 Å². The monoisotopic (exact) mass is 365 g/mol. The predicted octanol–water partition coefficient (Wildman–Crippen LogP) is 3.20. The first-order valence-corrected chi connectivity index (χ1v) is 9.77. The molecule has 0 unspecified atom stereocenters. The molecule has 2 rings (SSSR count). The molecule has 140 valence electrons. The fraction of sp³-hybridized carbons (Fsp3) is 0.650. The normalized spacial score (nSPS) is 16.8. The van der Waals surface area contributed by atoms with Crippen molar-refractivity contribution in [3.05, 3.63) is 34.9 Å². The average molecular weight is 366 g/mol. The van der Waals surface area contributed by atoms with Crippen LogP contribution in [0.3, 0.4) is 0 Å². The van der Waals surface area contributed by atoms with Gasteiger partial charge in [-0.2, -0.15) is 0 Å². The van der Waals surface area contributed by atoms with Gasteiger partial charge >= 0.3 is 0 Å². The number of hydrogen-bond donors (Lipinski definition) is 1. The van der Waals surface area contributed by atoms with Gasteiger partial charge in [0.05, 0.1) is 0 Å². The van der Waals surface area contributed by atoms with Crippen LogP contribution in [-0.4, -0.2) is 60.5 Å². The van der Waals surface area contributed by atoms with E-state index in [0.717, 1.165) is 50.6 Å². The van der Waals surface area contributed by atoms with Gasteiger partial charge in [-0.25, -0.2) is 0 Å². The molecule has 0 bridgehead atoms. The second-order valence-corrected chi connectivity index (χ2v) is 7.93. The zero-order chi connectivity index (χ0) is 18.3. The lowest BCUT2D eigenvalue weighted by Crippen LogP contribution is -2.58. The van der Waals surface area contributed by atoms with Crippen LogP contribution in [0.4, 0.5) is 0 Å². The van der Waals surface area contributed by atoms with E-state index in [2.05, 4.69) is 35.9 Å². The second-order valence-electron chi connectivity index (χ2n) is 7.49. The molecule has 1 aliphatic rings. The van der Waals surface area contributed by atoms with E-state index < -0.39 is 0 Å². The Bertz CT molecular complexity index is 536. The van der Waals surface area contributed by atoms with Crippen LogP contribution < -0.4 is 5.32 Å². The van der Waals surface area contributed by atoms with Crippen LogP contribution in [0.5, 0.6) is 0 Å². The van der Waals surface area contributed by atoms with Gasteiger partial charge in [-0.1, -0.05) is 30.7 Å². The fourth-order valence-electron chi connectivity index (χ4n) is 3.29. The number of likely N-dealkylation sites (N-methyl/N-ethyl adjacent to an activating group) is 1. The molecular weight excluding hydrogens is 334 g/mol. The van der Waals surface area contributed by atoms with Crippen molar-refractivity contribution in [2.24, 2.45) is 0 Å². The van der Waals surface area contributed by atoms with Crippen LogP contribution in [-0.2, 0) is 11.2 Å². The van der Waals surface area contributed by atoms with E-state index in [0.29, 0.717) is 13.0 Å². The van der Waals surface area contributed by atoms with E-state index in [-0.39, 0.29) is 11.4 Å². The highest BCUT2D eigenvalue weighted by atomic mass is 35.5. The summed E-state index contributed by atoms with van der Waals surface area (Å²) < 4.78 is 0. The second kappa shape index (κ2) is 9.56. The summed E-state index contributed by atoms with van der Waals surface area (Å²) in [5.74, 6) is 0.147. The quantitative estimate of drug-likeness (QED) is 0.768. The highest BCUT2D eigenvalue weighted by Gasteiger charge is 2.29. The average Bonchev–Trinajstić information content (AvgIpc) is 2.62. The summed E-state index contributed by atoms with van der Waals surface area (Å²) in [7, 11) is 0. The molecule has 1 aromatic rings. The van der Waals surface area contributed by atoms with E-state index in [9.17, 15) is 4.79 Å². The van der Waals surface area contributed by atoms with E-state index in [1.807, 2.05) is 24.3 Å². The summed E-state index contributed by atoms with van der Waals surface area (Å²) in [4.78, 5) is 17.1. The summed E-state index contributed by atoms with van der Waals surface area (Å²) in [5, 5.41) is 3.88. The summed E-state index contributed by atoms with van der Waals surface area (Å²) in [5.41, 5.74) is 1.23. The number of carbonyl (C=O) groups excluding carboxylic acids is 1. The first-order valence-electron chi connectivity index (χ1n) is 9.39. The molecule has 0 aliphatic carbocycles. The van der Waals surface area contributed by atoms with Gasteiger partial charge in [0.1, 0.15) is 0 Å². The molecule has 0 saturated carbocycles. The summed E-state index contributed by atoms with van der Waals surface area (Å²) in [6.07, 6.45) is 2.35. The Hall–Kier alpha value is -1.10. The highest BCUT2D eigenvalue weighted by Crippen LogP contribution is 2.16. The van der Waals surface area contributed by atoms with Gasteiger partial charge in [0, 0.05) is 49.7 Å². The van der Waals surface area contributed by atoms with Crippen molar-refractivity contribution in [1.29, 1.82) is 0 Å². The molecule has 1 saturated heterocycles. The molecule has 0 radical (unpaired) electrons. The first kappa shape index (κ1) is 20.2. The zero-order valence-electron chi connectivity index (χ0n) is 15.9. The number of halogens is 1. The van der Waals surface area contributed by atoms with E-state index in [1.54, 1.807) is 0 Å². The fourth-order valence-corrected chi connectivity index (χ4v) is 3.41. The Morgan fingerprint density at radius 1 is 1.16 bits per heavy atom. The lowest BCUT2D eigenvalue weighted by Gasteiger charge is -2.44. The molecule has 1 heterocycles. The summed E-state index contributed by atoms with van der Waals surface area (Å²) in [6, 6.07) is 7.86. The molecule has 1 amide bonds. The first-order chi connectivity index (χ1) is 11.9. The molecule has 0 atom stereocenters. The van der Waals surface area contributed by atoms with Crippen LogP contribution in [0, 0.1) is 0 Å². The van der Waals surface area contributed by atoms with Crippen LogP contribution in [0.2, 0.25) is 5.02 Å². The van der Waals surface area contributed by atoms with E-state index >= 15 is 0 Å². The van der Waals surface area contributed by atoms with Gasteiger partial charge in [-0.3, -0.25) is 9.69 Å². The van der Waals surface area contributed by atoms with Crippen molar-refractivity contribution in [2.75, 3.05) is 39.3 Å². The van der Waals surface area contributed by atoms with Gasteiger partial charge in [0.15, 0.2) is 0 Å². The molecule has 0 aromatic heterocycles. The number of aryl methyl sites for hydroxylation is 1. The van der Waals surface area contributed by atoms with Gasteiger partial charge in [0.25, 0.3) is 0 Å². The number of nitrogens with one attached hydrogen (secondary N) is 1. The topological polar surface area (TPSA) is 35.6 Å². The van der Waals surface area contributed by atoms with E-state index in [4.69, 9.17) is 11.6 Å². The van der Waals surface area contributed by atoms with Gasteiger partial charge in [-0.15, -0.1) is 0 Å². The number of piperazine rings is 1. The third kappa shape index (κ3) is 6.61. The number of benzene rings is 1. The molecule has 1 aromatic carbocycles. The summed E-state index contributed by atoms with van der Waals surface area (Å²) in [6.45, 7) is 12.9.